The van der Waals surface area contributed by atoms with E-state index in [0.717, 1.165) is 5.56 Å². The van der Waals surface area contributed by atoms with Crippen LogP contribution in [-0.4, -0.2) is 35.5 Å². The molecular formula is C26H24N2O5. The van der Waals surface area contributed by atoms with Gasteiger partial charge in [-0.05, 0) is 74.0 Å². The van der Waals surface area contributed by atoms with Crippen LogP contribution in [0.15, 0.2) is 72.4 Å². The minimum atomic E-state index is -0.883. The molecule has 1 atom stereocenters. The number of rotatable bonds is 6. The molecule has 2 heterocycles. The third kappa shape index (κ3) is 4.05. The van der Waals surface area contributed by atoms with Gasteiger partial charge in [0.05, 0.1) is 25.0 Å². The van der Waals surface area contributed by atoms with Gasteiger partial charge in [0.1, 0.15) is 23.3 Å². The monoisotopic (exact) mass is 444 g/mol. The van der Waals surface area contributed by atoms with Gasteiger partial charge >= 0.3 is 0 Å². The van der Waals surface area contributed by atoms with Crippen molar-refractivity contribution in [2.45, 2.75) is 19.9 Å². The van der Waals surface area contributed by atoms with E-state index in [1.54, 1.807) is 74.0 Å². The first-order chi connectivity index (χ1) is 16.0. The molecule has 7 nitrogen and oxygen atoms in total. The summed E-state index contributed by atoms with van der Waals surface area (Å²) in [6, 6.07) is 16.3. The topological polar surface area (TPSA) is 89.0 Å². The van der Waals surface area contributed by atoms with Gasteiger partial charge in [-0.3, -0.25) is 19.5 Å². The lowest BCUT2D eigenvalue weighted by atomic mass is 9.97. The lowest BCUT2D eigenvalue weighted by Crippen LogP contribution is -2.29. The fourth-order valence-corrected chi connectivity index (χ4v) is 3.93. The number of Topliss-reactive ketones (excluding diaryl/α,β-unsaturated/α-hetero) is 1. The zero-order valence-electron chi connectivity index (χ0n) is 18.6. The largest absolute Gasteiger partial charge is 0.507 e. The number of aromatic nitrogens is 1. The van der Waals surface area contributed by atoms with Crippen LogP contribution in [-0.2, 0) is 9.59 Å². The highest BCUT2D eigenvalue weighted by Crippen LogP contribution is 2.42. The van der Waals surface area contributed by atoms with E-state index in [-0.39, 0.29) is 11.3 Å². The van der Waals surface area contributed by atoms with Gasteiger partial charge in [0.25, 0.3) is 11.7 Å². The number of nitrogens with zero attached hydrogens (tertiary/aromatic N) is 2. The summed E-state index contributed by atoms with van der Waals surface area (Å²) < 4.78 is 10.8. The van der Waals surface area contributed by atoms with E-state index < -0.39 is 17.7 Å². The number of aryl methyl sites for hydroxylation is 1. The van der Waals surface area contributed by atoms with Gasteiger partial charge < -0.3 is 14.6 Å². The van der Waals surface area contributed by atoms with E-state index in [9.17, 15) is 14.7 Å². The average molecular weight is 444 g/mol. The van der Waals surface area contributed by atoms with Crippen molar-refractivity contribution < 1.29 is 24.2 Å². The smallest absolute Gasteiger partial charge is 0.300 e. The second-order valence-corrected chi connectivity index (χ2v) is 7.54. The molecule has 1 aromatic heterocycles. The van der Waals surface area contributed by atoms with Gasteiger partial charge in [-0.15, -0.1) is 0 Å². The summed E-state index contributed by atoms with van der Waals surface area (Å²) >= 11 is 0. The van der Waals surface area contributed by atoms with E-state index in [4.69, 9.17) is 9.47 Å². The standard InChI is InChI=1S/C26H24N2O5/c1-4-33-21-13-8-17(15-16(21)2)24(29)22-23(20-7-5-6-14-27-20)28(26(31)25(22)30)18-9-11-19(32-3)12-10-18/h5-15,23,29H,4H2,1-3H3/b24-22-. The van der Waals surface area contributed by atoms with E-state index in [1.807, 2.05) is 13.8 Å². The van der Waals surface area contributed by atoms with Crippen LogP contribution in [0.25, 0.3) is 5.76 Å². The van der Waals surface area contributed by atoms with E-state index >= 15 is 0 Å². The molecule has 0 radical (unpaired) electrons. The number of amides is 1. The van der Waals surface area contributed by atoms with Crippen molar-refractivity contribution in [1.82, 2.24) is 4.98 Å². The average Bonchev–Trinajstić information content (AvgIpc) is 3.11. The lowest BCUT2D eigenvalue weighted by Gasteiger charge is -2.24. The normalized spacial score (nSPS) is 17.3. The summed E-state index contributed by atoms with van der Waals surface area (Å²) in [4.78, 5) is 32.1. The van der Waals surface area contributed by atoms with E-state index in [1.165, 1.54) is 4.90 Å². The first-order valence-corrected chi connectivity index (χ1v) is 10.6. The van der Waals surface area contributed by atoms with Crippen molar-refractivity contribution in [3.63, 3.8) is 0 Å². The first kappa shape index (κ1) is 22.1. The molecule has 1 fully saturated rings. The van der Waals surface area contributed by atoms with Crippen LogP contribution in [0.3, 0.4) is 0 Å². The zero-order chi connectivity index (χ0) is 23.5. The molecule has 0 bridgehead atoms. The Morgan fingerprint density at radius 1 is 1.09 bits per heavy atom. The summed E-state index contributed by atoms with van der Waals surface area (Å²) in [7, 11) is 1.55. The number of ether oxygens (including phenoxy) is 2. The highest BCUT2D eigenvalue weighted by Gasteiger charge is 2.47. The van der Waals surface area contributed by atoms with E-state index in [0.29, 0.717) is 35.1 Å². The number of anilines is 1. The number of hydrogen-bond donors (Lipinski definition) is 1. The van der Waals surface area contributed by atoms with Gasteiger partial charge in [0, 0.05) is 17.4 Å². The number of aliphatic hydroxyl groups excluding tert-OH is 1. The maximum atomic E-state index is 13.2. The highest BCUT2D eigenvalue weighted by atomic mass is 16.5. The molecule has 1 amide bonds. The van der Waals surface area contributed by atoms with E-state index in [2.05, 4.69) is 4.98 Å². The second-order valence-electron chi connectivity index (χ2n) is 7.54. The van der Waals surface area contributed by atoms with Crippen molar-refractivity contribution in [3.05, 3.63) is 89.3 Å². The van der Waals surface area contributed by atoms with Gasteiger partial charge in [-0.1, -0.05) is 6.07 Å². The van der Waals surface area contributed by atoms with Gasteiger partial charge in [-0.25, -0.2) is 0 Å². The molecule has 1 saturated heterocycles. The quantitative estimate of drug-likeness (QED) is 0.344. The van der Waals surface area contributed by atoms with Crippen LogP contribution < -0.4 is 14.4 Å². The minimum Gasteiger partial charge on any atom is -0.507 e. The molecular weight excluding hydrogens is 420 g/mol. The summed E-state index contributed by atoms with van der Waals surface area (Å²) in [6.45, 7) is 4.26. The Kier molecular flexibility index (Phi) is 6.13. The Morgan fingerprint density at radius 2 is 1.85 bits per heavy atom. The number of aliphatic hydroxyl groups is 1. The number of ketones is 1. The Labute approximate surface area is 191 Å². The third-order valence-corrected chi connectivity index (χ3v) is 5.51. The Morgan fingerprint density at radius 3 is 2.45 bits per heavy atom. The van der Waals surface area contributed by atoms with Crippen LogP contribution in [0.2, 0.25) is 0 Å². The number of carbonyl (C=O) groups is 2. The fourth-order valence-electron chi connectivity index (χ4n) is 3.93. The molecule has 3 aromatic rings. The van der Waals surface area contributed by atoms with Gasteiger partial charge in [-0.2, -0.15) is 0 Å². The van der Waals surface area contributed by atoms with Crippen molar-refractivity contribution >= 4 is 23.1 Å². The third-order valence-electron chi connectivity index (χ3n) is 5.51. The second kappa shape index (κ2) is 9.16. The highest BCUT2D eigenvalue weighted by molar-refractivity contribution is 6.51. The number of pyridine rings is 1. The van der Waals surface area contributed by atoms with Crippen LogP contribution in [0.5, 0.6) is 11.5 Å². The molecule has 1 N–H and O–H groups in total. The lowest BCUT2D eigenvalue weighted by molar-refractivity contribution is -0.132. The van der Waals surface area contributed by atoms with Crippen LogP contribution >= 0.6 is 0 Å². The van der Waals surface area contributed by atoms with Gasteiger partial charge in [0.2, 0.25) is 0 Å². The number of methoxy groups -OCH3 is 1. The molecule has 0 aliphatic carbocycles. The molecule has 1 aliphatic heterocycles. The van der Waals surface area contributed by atoms with Crippen molar-refractivity contribution in [2.75, 3.05) is 18.6 Å². The molecule has 0 saturated carbocycles. The SMILES string of the molecule is CCOc1ccc(/C(O)=C2/C(=O)C(=O)N(c3ccc(OC)cc3)C2c2ccccn2)cc1C. The molecule has 1 unspecified atom stereocenters. The van der Waals surface area contributed by atoms with Crippen LogP contribution in [0, 0.1) is 6.92 Å². The molecule has 168 valence electrons. The maximum Gasteiger partial charge on any atom is 0.300 e. The van der Waals surface area contributed by atoms with Crippen LogP contribution in [0.1, 0.15) is 29.8 Å². The Hall–Kier alpha value is -4.13. The summed E-state index contributed by atoms with van der Waals surface area (Å²) in [5.74, 6) is -0.458. The minimum absolute atomic E-state index is 0.0157. The summed E-state index contributed by atoms with van der Waals surface area (Å²) in [5.41, 5.74) is 2.18. The van der Waals surface area contributed by atoms with Gasteiger partial charge in [0.15, 0.2) is 0 Å². The van der Waals surface area contributed by atoms with Crippen LogP contribution in [0.4, 0.5) is 5.69 Å². The molecule has 1 aliphatic rings. The Balaban J connectivity index is 1.88. The fraction of sp³-hybridized carbons (Fsp3) is 0.192. The zero-order valence-corrected chi connectivity index (χ0v) is 18.6. The van der Waals surface area contributed by atoms with Crippen molar-refractivity contribution in [1.29, 1.82) is 0 Å². The first-order valence-electron chi connectivity index (χ1n) is 10.6. The molecule has 33 heavy (non-hydrogen) atoms. The summed E-state index contributed by atoms with van der Waals surface area (Å²) in [6.07, 6.45) is 1.59. The van der Waals surface area contributed by atoms with Crippen molar-refractivity contribution in [3.8, 4) is 11.5 Å². The molecule has 7 heteroatoms. The predicted molar refractivity (Wildman–Crippen MR) is 124 cm³/mol. The molecule has 4 rings (SSSR count). The predicted octanol–water partition coefficient (Wildman–Crippen LogP) is 4.42. The summed E-state index contributed by atoms with van der Waals surface area (Å²) in [5, 5.41) is 11.2. The molecule has 0 spiro atoms. The maximum absolute atomic E-state index is 13.2. The Bertz CT molecular complexity index is 1220. The number of benzene rings is 2. The number of carbonyl (C=O) groups excluding carboxylic acids is 2. The molecule has 2 aromatic carbocycles. The number of hydrogen-bond acceptors (Lipinski definition) is 6. The van der Waals surface area contributed by atoms with Crippen molar-refractivity contribution in [2.24, 2.45) is 0 Å².